The zero-order valence-corrected chi connectivity index (χ0v) is 16.9. The summed E-state index contributed by atoms with van der Waals surface area (Å²) in [5.41, 5.74) is 2.37. The van der Waals surface area contributed by atoms with Gasteiger partial charge >= 0.3 is 0 Å². The highest BCUT2D eigenvalue weighted by Gasteiger charge is 2.16. The van der Waals surface area contributed by atoms with Gasteiger partial charge in [-0.2, -0.15) is 5.10 Å². The number of aryl methyl sites for hydroxylation is 1. The summed E-state index contributed by atoms with van der Waals surface area (Å²) in [6, 6.07) is 15.2. The summed E-state index contributed by atoms with van der Waals surface area (Å²) in [4.78, 5) is 27.5. The summed E-state index contributed by atoms with van der Waals surface area (Å²) in [5.74, 6) is 0.523. The van der Waals surface area contributed by atoms with Gasteiger partial charge in [0.15, 0.2) is 0 Å². The lowest BCUT2D eigenvalue weighted by Crippen LogP contribution is -2.32. The molecule has 1 aliphatic rings. The molecule has 29 heavy (non-hydrogen) atoms. The van der Waals surface area contributed by atoms with Gasteiger partial charge in [0.25, 0.3) is 5.56 Å². The molecule has 0 bridgehead atoms. The molecule has 1 N–H and O–H groups in total. The van der Waals surface area contributed by atoms with Gasteiger partial charge in [0.1, 0.15) is 6.54 Å². The molecule has 1 aliphatic heterocycles. The van der Waals surface area contributed by atoms with Crippen LogP contribution in [-0.4, -0.2) is 28.8 Å². The smallest absolute Gasteiger partial charge is 0.275 e. The van der Waals surface area contributed by atoms with Crippen molar-refractivity contribution in [3.8, 4) is 0 Å². The predicted octanol–water partition coefficient (Wildman–Crippen LogP) is 3.58. The van der Waals surface area contributed by atoms with Gasteiger partial charge in [-0.1, -0.05) is 25.1 Å². The molecule has 0 saturated carbocycles. The highest BCUT2D eigenvalue weighted by Crippen LogP contribution is 2.24. The van der Waals surface area contributed by atoms with Gasteiger partial charge in [-0.05, 0) is 56.0 Å². The quantitative estimate of drug-likeness (QED) is 0.739. The Balaban J connectivity index is 1.44. The van der Waals surface area contributed by atoms with Crippen LogP contribution < -0.4 is 15.8 Å². The van der Waals surface area contributed by atoms with Crippen LogP contribution in [0.3, 0.4) is 0 Å². The topological polar surface area (TPSA) is 67.2 Å². The first-order chi connectivity index (χ1) is 14.0. The molecular weight excluding hydrogens is 364 g/mol. The molecule has 0 unspecified atom stereocenters. The van der Waals surface area contributed by atoms with E-state index in [0.29, 0.717) is 5.39 Å². The maximum Gasteiger partial charge on any atom is 0.275 e. The van der Waals surface area contributed by atoms with Crippen LogP contribution in [0.4, 0.5) is 11.4 Å². The number of fused-ring (bicyclic) bond motifs is 1. The second-order valence-electron chi connectivity index (χ2n) is 7.86. The number of nitrogens with one attached hydrogen (secondary N) is 1. The second kappa shape index (κ2) is 8.07. The minimum absolute atomic E-state index is 0.115. The number of amides is 1. The highest BCUT2D eigenvalue weighted by atomic mass is 16.2. The monoisotopic (exact) mass is 390 g/mol. The fourth-order valence-electron chi connectivity index (χ4n) is 3.87. The Morgan fingerprint density at radius 2 is 1.72 bits per heavy atom. The predicted molar refractivity (Wildman–Crippen MR) is 116 cm³/mol. The summed E-state index contributed by atoms with van der Waals surface area (Å²) >= 11 is 0. The van der Waals surface area contributed by atoms with E-state index in [9.17, 15) is 9.59 Å². The molecule has 6 nitrogen and oxygen atoms in total. The first-order valence-corrected chi connectivity index (χ1v) is 10.1. The van der Waals surface area contributed by atoms with Gasteiger partial charge in [-0.25, -0.2) is 4.68 Å². The molecule has 6 heteroatoms. The number of carbonyl (C=O) groups excluding carboxylic acids is 1. The summed E-state index contributed by atoms with van der Waals surface area (Å²) in [6.45, 7) is 6.17. The first kappa shape index (κ1) is 19.2. The minimum atomic E-state index is -0.270. The third-order valence-corrected chi connectivity index (χ3v) is 5.65. The summed E-state index contributed by atoms with van der Waals surface area (Å²) in [7, 11) is 0. The van der Waals surface area contributed by atoms with Crippen molar-refractivity contribution in [3.63, 3.8) is 0 Å². The number of carbonyl (C=O) groups is 1. The van der Waals surface area contributed by atoms with E-state index in [1.54, 1.807) is 6.07 Å². The lowest BCUT2D eigenvalue weighted by atomic mass is 9.99. The van der Waals surface area contributed by atoms with Crippen molar-refractivity contribution in [2.75, 3.05) is 23.3 Å². The third kappa shape index (κ3) is 4.16. The molecule has 2 aromatic carbocycles. The van der Waals surface area contributed by atoms with E-state index in [0.717, 1.165) is 35.8 Å². The zero-order chi connectivity index (χ0) is 20.4. The van der Waals surface area contributed by atoms with E-state index < -0.39 is 0 Å². The first-order valence-electron chi connectivity index (χ1n) is 10.1. The normalized spacial score (nSPS) is 14.9. The fourth-order valence-corrected chi connectivity index (χ4v) is 3.87. The Kier molecular flexibility index (Phi) is 5.34. The van der Waals surface area contributed by atoms with Crippen molar-refractivity contribution in [1.29, 1.82) is 0 Å². The molecular formula is C23H26N4O2. The van der Waals surface area contributed by atoms with E-state index in [-0.39, 0.29) is 18.0 Å². The number of rotatable bonds is 4. The van der Waals surface area contributed by atoms with Crippen LogP contribution in [0.25, 0.3) is 10.8 Å². The molecule has 3 aromatic rings. The molecule has 4 rings (SSSR count). The lowest BCUT2D eigenvalue weighted by Gasteiger charge is -2.32. The number of piperidine rings is 1. The number of hydrogen-bond acceptors (Lipinski definition) is 4. The number of anilines is 2. The molecule has 0 spiro atoms. The van der Waals surface area contributed by atoms with Gasteiger partial charge in [0.05, 0.1) is 11.1 Å². The summed E-state index contributed by atoms with van der Waals surface area (Å²) < 4.78 is 1.23. The zero-order valence-electron chi connectivity index (χ0n) is 16.9. The highest BCUT2D eigenvalue weighted by molar-refractivity contribution is 5.91. The van der Waals surface area contributed by atoms with Gasteiger partial charge < -0.3 is 10.2 Å². The largest absolute Gasteiger partial charge is 0.372 e. The van der Waals surface area contributed by atoms with Crippen LogP contribution in [0.2, 0.25) is 0 Å². The fraction of sp³-hybridized carbons (Fsp3) is 0.348. The third-order valence-electron chi connectivity index (χ3n) is 5.65. The molecule has 2 heterocycles. The Hall–Kier alpha value is -3.15. The molecule has 150 valence electrons. The molecule has 0 aliphatic carbocycles. The van der Waals surface area contributed by atoms with Crippen LogP contribution in [0.15, 0.2) is 53.3 Å². The lowest BCUT2D eigenvalue weighted by molar-refractivity contribution is -0.117. The standard InChI is InChI=1S/C23H26N4O2/c1-16-11-13-26(14-12-16)19-9-7-18(8-10-19)24-22(28)15-27-23(29)21-6-4-3-5-20(21)17(2)25-27/h3-10,16H,11-15H2,1-2H3,(H,24,28). The number of nitrogens with zero attached hydrogens (tertiary/aromatic N) is 3. The summed E-state index contributed by atoms with van der Waals surface area (Å²) in [6.07, 6.45) is 2.43. The molecule has 0 radical (unpaired) electrons. The van der Waals surface area contributed by atoms with E-state index in [4.69, 9.17) is 0 Å². The van der Waals surface area contributed by atoms with Crippen LogP contribution in [0.1, 0.15) is 25.5 Å². The van der Waals surface area contributed by atoms with Gasteiger partial charge in [0, 0.05) is 29.9 Å². The number of hydrogen-bond donors (Lipinski definition) is 1. The average molecular weight is 390 g/mol. The van der Waals surface area contributed by atoms with Crippen molar-refractivity contribution in [2.45, 2.75) is 33.2 Å². The molecule has 0 atom stereocenters. The van der Waals surface area contributed by atoms with Crippen molar-refractivity contribution >= 4 is 28.1 Å². The van der Waals surface area contributed by atoms with E-state index >= 15 is 0 Å². The van der Waals surface area contributed by atoms with Gasteiger partial charge in [0.2, 0.25) is 5.91 Å². The maximum atomic E-state index is 12.6. The summed E-state index contributed by atoms with van der Waals surface area (Å²) in [5, 5.41) is 8.56. The van der Waals surface area contributed by atoms with E-state index in [2.05, 4.69) is 22.2 Å². The molecule has 1 fully saturated rings. The van der Waals surface area contributed by atoms with Crippen LogP contribution in [-0.2, 0) is 11.3 Å². The average Bonchev–Trinajstić information content (AvgIpc) is 2.73. The van der Waals surface area contributed by atoms with Crippen molar-refractivity contribution in [1.82, 2.24) is 9.78 Å². The number of benzene rings is 2. The Labute approximate surface area is 170 Å². The molecule has 1 aromatic heterocycles. The molecule has 1 saturated heterocycles. The van der Waals surface area contributed by atoms with E-state index in [1.165, 1.54) is 23.2 Å². The molecule has 1 amide bonds. The SMILES string of the molecule is Cc1nn(CC(=O)Nc2ccc(N3CCC(C)CC3)cc2)c(=O)c2ccccc12. The van der Waals surface area contributed by atoms with Gasteiger partial charge in [-0.15, -0.1) is 0 Å². The van der Waals surface area contributed by atoms with Gasteiger partial charge in [-0.3, -0.25) is 9.59 Å². The number of aromatic nitrogens is 2. The Bertz CT molecular complexity index is 1080. The van der Waals surface area contributed by atoms with Crippen LogP contribution in [0, 0.1) is 12.8 Å². The van der Waals surface area contributed by atoms with Crippen LogP contribution in [0.5, 0.6) is 0 Å². The second-order valence-corrected chi connectivity index (χ2v) is 7.86. The Morgan fingerprint density at radius 3 is 2.41 bits per heavy atom. The maximum absolute atomic E-state index is 12.6. The Morgan fingerprint density at radius 1 is 1.07 bits per heavy atom. The minimum Gasteiger partial charge on any atom is -0.372 e. The van der Waals surface area contributed by atoms with E-state index in [1.807, 2.05) is 49.4 Å². The van der Waals surface area contributed by atoms with Crippen LogP contribution >= 0.6 is 0 Å². The van der Waals surface area contributed by atoms with Crippen molar-refractivity contribution < 1.29 is 4.79 Å². The van der Waals surface area contributed by atoms with Crippen molar-refractivity contribution in [2.24, 2.45) is 5.92 Å². The van der Waals surface area contributed by atoms with Crippen molar-refractivity contribution in [3.05, 3.63) is 64.6 Å².